The minimum Gasteiger partial charge on any atom is -0.384 e. The summed E-state index contributed by atoms with van der Waals surface area (Å²) >= 11 is 0. The molecule has 3 aliphatic heterocycles. The summed E-state index contributed by atoms with van der Waals surface area (Å²) in [5.41, 5.74) is 11.8. The maximum absolute atomic E-state index is 13.2. The normalized spacial score (nSPS) is 22.2. The molecule has 6 rings (SSSR count). The first-order valence-electron chi connectivity index (χ1n) is 11.7. The van der Waals surface area contributed by atoms with Gasteiger partial charge in [0.1, 0.15) is 18.5 Å². The quantitative estimate of drug-likeness (QED) is 0.607. The highest BCUT2D eigenvalue weighted by molar-refractivity contribution is 5.95. The molecule has 3 N–H and O–H groups in total. The second kappa shape index (κ2) is 7.90. The predicted octanol–water partition coefficient (Wildman–Crippen LogP) is 2.70. The SMILES string of the molecule is Cc1cc(N)nc(C)c1CNC(=O)c1ccc2c(c1)C1(N3CCOCC3=O)OC2c2ccccc21. The zero-order chi connectivity index (χ0) is 24.3. The number of aromatic nitrogens is 1. The van der Waals surface area contributed by atoms with Crippen LogP contribution in [0.5, 0.6) is 0 Å². The minimum atomic E-state index is -1.05. The maximum Gasteiger partial charge on any atom is 0.251 e. The van der Waals surface area contributed by atoms with Crippen LogP contribution in [0.15, 0.2) is 48.5 Å². The van der Waals surface area contributed by atoms with Crippen LogP contribution in [0, 0.1) is 13.8 Å². The first-order chi connectivity index (χ1) is 16.9. The van der Waals surface area contributed by atoms with Gasteiger partial charge in [-0.15, -0.1) is 0 Å². The lowest BCUT2D eigenvalue weighted by atomic mass is 9.80. The van der Waals surface area contributed by atoms with Crippen LogP contribution in [-0.2, 0) is 26.5 Å². The number of amides is 2. The Balaban J connectivity index is 1.36. The van der Waals surface area contributed by atoms with Crippen molar-refractivity contribution in [3.8, 4) is 0 Å². The van der Waals surface area contributed by atoms with Crippen LogP contribution < -0.4 is 11.1 Å². The predicted molar refractivity (Wildman–Crippen MR) is 128 cm³/mol. The van der Waals surface area contributed by atoms with Crippen molar-refractivity contribution in [2.45, 2.75) is 32.2 Å². The van der Waals surface area contributed by atoms with Crippen LogP contribution in [0.1, 0.15) is 55.5 Å². The molecule has 35 heavy (non-hydrogen) atoms. The fourth-order valence-electron chi connectivity index (χ4n) is 5.62. The number of carbonyl (C=O) groups is 2. The molecule has 1 saturated heterocycles. The van der Waals surface area contributed by atoms with Crippen LogP contribution >= 0.6 is 0 Å². The number of fused-ring (bicyclic) bond motifs is 8. The van der Waals surface area contributed by atoms with Gasteiger partial charge in [-0.1, -0.05) is 30.3 Å². The molecule has 4 heterocycles. The van der Waals surface area contributed by atoms with Crippen molar-refractivity contribution >= 4 is 17.6 Å². The van der Waals surface area contributed by atoms with Crippen molar-refractivity contribution < 1.29 is 19.1 Å². The third kappa shape index (κ3) is 3.17. The van der Waals surface area contributed by atoms with E-state index in [1.165, 1.54) is 0 Å². The van der Waals surface area contributed by atoms with Gasteiger partial charge in [-0.3, -0.25) is 9.59 Å². The molecule has 0 saturated carbocycles. The highest BCUT2D eigenvalue weighted by Gasteiger charge is 2.59. The van der Waals surface area contributed by atoms with Gasteiger partial charge >= 0.3 is 0 Å². The monoisotopic (exact) mass is 470 g/mol. The number of benzene rings is 2. The Kier molecular flexibility index (Phi) is 4.91. The number of nitrogen functional groups attached to an aromatic ring is 1. The average Bonchev–Trinajstić information content (AvgIpc) is 3.36. The third-order valence-electron chi connectivity index (χ3n) is 7.23. The summed E-state index contributed by atoms with van der Waals surface area (Å²) < 4.78 is 12.0. The van der Waals surface area contributed by atoms with Crippen LogP contribution in [0.3, 0.4) is 0 Å². The first kappa shape index (κ1) is 21.8. The number of nitrogens with two attached hydrogens (primary N) is 1. The molecule has 3 aliphatic rings. The van der Waals surface area contributed by atoms with Crippen molar-refractivity contribution in [2.24, 2.45) is 0 Å². The molecule has 178 valence electrons. The van der Waals surface area contributed by atoms with E-state index in [0.29, 0.717) is 31.1 Å². The largest absolute Gasteiger partial charge is 0.384 e. The van der Waals surface area contributed by atoms with E-state index in [-0.39, 0.29) is 24.5 Å². The summed E-state index contributed by atoms with van der Waals surface area (Å²) in [6.07, 6.45) is -0.278. The molecule has 8 heteroatoms. The molecule has 0 radical (unpaired) electrons. The number of pyridine rings is 1. The molecule has 1 aromatic heterocycles. The number of nitrogens with zero attached hydrogens (tertiary/aromatic N) is 2. The van der Waals surface area contributed by atoms with Gasteiger partial charge in [-0.2, -0.15) is 0 Å². The van der Waals surface area contributed by atoms with E-state index in [2.05, 4.69) is 10.3 Å². The zero-order valence-electron chi connectivity index (χ0n) is 19.6. The smallest absolute Gasteiger partial charge is 0.251 e. The van der Waals surface area contributed by atoms with E-state index in [0.717, 1.165) is 39.1 Å². The average molecular weight is 471 g/mol. The van der Waals surface area contributed by atoms with Crippen LogP contribution in [0.4, 0.5) is 5.82 Å². The number of carbonyl (C=O) groups excluding carboxylic acids is 2. The van der Waals surface area contributed by atoms with E-state index in [1.54, 1.807) is 11.0 Å². The second-order valence-corrected chi connectivity index (χ2v) is 9.24. The van der Waals surface area contributed by atoms with E-state index >= 15 is 0 Å². The molecular formula is C27H26N4O4. The maximum atomic E-state index is 13.2. The summed E-state index contributed by atoms with van der Waals surface area (Å²) in [6.45, 7) is 5.05. The summed E-state index contributed by atoms with van der Waals surface area (Å²) in [6, 6.07) is 15.4. The Morgan fingerprint density at radius 3 is 2.77 bits per heavy atom. The third-order valence-corrected chi connectivity index (χ3v) is 7.23. The summed E-state index contributed by atoms with van der Waals surface area (Å²) in [5, 5.41) is 3.01. The van der Waals surface area contributed by atoms with E-state index in [4.69, 9.17) is 15.2 Å². The van der Waals surface area contributed by atoms with Crippen LogP contribution in [0.2, 0.25) is 0 Å². The highest BCUT2D eigenvalue weighted by Crippen LogP contribution is 2.59. The number of rotatable bonds is 4. The first-order valence-corrected chi connectivity index (χ1v) is 11.7. The van der Waals surface area contributed by atoms with Gasteiger partial charge in [0.05, 0.1) is 6.61 Å². The molecular weight excluding hydrogens is 444 g/mol. The Morgan fingerprint density at radius 2 is 1.97 bits per heavy atom. The van der Waals surface area contributed by atoms with Crippen molar-refractivity contribution in [1.82, 2.24) is 15.2 Å². The number of hydrogen-bond donors (Lipinski definition) is 2. The van der Waals surface area contributed by atoms with Gasteiger partial charge in [0.25, 0.3) is 11.8 Å². The Labute approximate surface area is 203 Å². The van der Waals surface area contributed by atoms with Crippen LogP contribution in [0.25, 0.3) is 0 Å². The molecule has 0 aliphatic carbocycles. The number of ether oxygens (including phenoxy) is 2. The van der Waals surface area contributed by atoms with Gasteiger partial charge < -0.3 is 25.4 Å². The van der Waals surface area contributed by atoms with Gasteiger partial charge in [0.2, 0.25) is 0 Å². The summed E-state index contributed by atoms with van der Waals surface area (Å²) in [7, 11) is 0. The molecule has 2 bridgehead atoms. The highest BCUT2D eigenvalue weighted by atomic mass is 16.5. The molecule has 0 spiro atoms. The van der Waals surface area contributed by atoms with Gasteiger partial charge in [0, 0.05) is 35.5 Å². The number of nitrogens with one attached hydrogen (secondary N) is 1. The Morgan fingerprint density at radius 1 is 1.17 bits per heavy atom. The molecule has 2 aromatic carbocycles. The lowest BCUT2D eigenvalue weighted by Crippen LogP contribution is -2.54. The van der Waals surface area contributed by atoms with Gasteiger partial charge in [-0.05, 0) is 54.3 Å². The van der Waals surface area contributed by atoms with Gasteiger partial charge in [-0.25, -0.2) is 4.98 Å². The van der Waals surface area contributed by atoms with Crippen molar-refractivity contribution in [1.29, 1.82) is 0 Å². The lowest BCUT2D eigenvalue weighted by Gasteiger charge is -2.42. The van der Waals surface area contributed by atoms with E-state index in [9.17, 15) is 9.59 Å². The summed E-state index contributed by atoms with van der Waals surface area (Å²) in [4.78, 5) is 32.3. The molecule has 8 nitrogen and oxygen atoms in total. The molecule has 2 amide bonds. The standard InChI is InChI=1S/C27H26N4O4/c1-15-11-23(28)30-16(2)20(15)13-29-26(33)17-7-8-19-22(12-17)27(31-9-10-34-14-24(31)32)21-6-4-3-5-18(21)25(19)35-27/h3-8,11-12,25H,9-10,13-14H2,1-2H3,(H2,28,30)(H,29,33). The molecule has 2 unspecified atom stereocenters. The Hall–Kier alpha value is -3.75. The number of aryl methyl sites for hydroxylation is 2. The zero-order valence-corrected chi connectivity index (χ0v) is 19.6. The molecule has 3 aromatic rings. The van der Waals surface area contributed by atoms with Crippen LogP contribution in [-0.4, -0.2) is 41.5 Å². The second-order valence-electron chi connectivity index (χ2n) is 9.24. The summed E-state index contributed by atoms with van der Waals surface area (Å²) in [5.74, 6) is 0.131. The Bertz CT molecular complexity index is 1360. The van der Waals surface area contributed by atoms with Crippen molar-refractivity contribution in [3.63, 3.8) is 0 Å². The van der Waals surface area contributed by atoms with Gasteiger partial charge in [0.15, 0.2) is 5.72 Å². The van der Waals surface area contributed by atoms with Crippen molar-refractivity contribution in [3.05, 3.63) is 93.2 Å². The number of morpholine rings is 1. The lowest BCUT2D eigenvalue weighted by molar-refractivity contribution is -0.177. The number of anilines is 1. The van der Waals surface area contributed by atoms with E-state index in [1.807, 2.05) is 56.3 Å². The topological polar surface area (TPSA) is 107 Å². The molecule has 1 fully saturated rings. The fourth-order valence-corrected chi connectivity index (χ4v) is 5.62. The number of hydrogen-bond acceptors (Lipinski definition) is 6. The van der Waals surface area contributed by atoms with Crippen molar-refractivity contribution in [2.75, 3.05) is 25.5 Å². The molecule has 2 atom stereocenters. The fraction of sp³-hybridized carbons (Fsp3) is 0.296. The van der Waals surface area contributed by atoms with E-state index < -0.39 is 5.72 Å². The minimum absolute atomic E-state index is 0.0157.